The van der Waals surface area contributed by atoms with Crippen molar-refractivity contribution in [2.24, 2.45) is 5.73 Å². The molecule has 0 bridgehead atoms. The maximum Gasteiger partial charge on any atom is 0.223 e. The topological polar surface area (TPSA) is 86.0 Å². The molecule has 1 aromatic carbocycles. The second-order valence-electron chi connectivity index (χ2n) is 6.40. The number of alkyl halides is 1. The number of aryl methyl sites for hydroxylation is 1. The van der Waals surface area contributed by atoms with Crippen molar-refractivity contribution >= 4 is 17.0 Å². The number of imidazole rings is 1. The first-order valence-electron chi connectivity index (χ1n) is 8.21. The van der Waals surface area contributed by atoms with E-state index in [-0.39, 0.29) is 25.0 Å². The summed E-state index contributed by atoms with van der Waals surface area (Å²) in [5, 5.41) is 3.84. The Hall–Kier alpha value is -2.62. The molecule has 0 unspecified atom stereocenters. The first kappa shape index (κ1) is 16.8. The van der Waals surface area contributed by atoms with Crippen LogP contribution in [0.5, 0.6) is 0 Å². The smallest absolute Gasteiger partial charge is 0.223 e. The maximum atomic E-state index is 13.8. The van der Waals surface area contributed by atoms with Crippen LogP contribution in [0.15, 0.2) is 16.7 Å². The number of hydrogen-bond acceptors (Lipinski definition) is 6. The number of fused-ring (bicyclic) bond motifs is 1. The number of halogens is 3. The molecule has 1 saturated heterocycles. The largest absolute Gasteiger partial charge is 0.340 e. The standard InChI is InChI=1S/C16H17F3N6O/c1-8-21-15(23-26-8)7-25-14-5-11(19)10(18)4-13(14)22-16(25)24-3-2-9(17)12(20)6-24/h4-5,9,12H,2-3,6-7,20H2,1H3/t9-,12-/m1/s1. The van der Waals surface area contributed by atoms with E-state index in [1.165, 1.54) is 0 Å². The summed E-state index contributed by atoms with van der Waals surface area (Å²) >= 11 is 0. The minimum atomic E-state index is -1.08. The second kappa shape index (κ2) is 6.27. The third-order valence-corrected chi connectivity index (χ3v) is 4.49. The van der Waals surface area contributed by atoms with Crippen LogP contribution in [0.25, 0.3) is 11.0 Å². The molecule has 7 nitrogen and oxygen atoms in total. The van der Waals surface area contributed by atoms with E-state index in [9.17, 15) is 13.2 Å². The number of nitrogens with two attached hydrogens (primary N) is 1. The number of aromatic nitrogens is 4. The lowest BCUT2D eigenvalue weighted by Gasteiger charge is -2.33. The number of nitrogens with zero attached hydrogens (tertiary/aromatic N) is 5. The van der Waals surface area contributed by atoms with E-state index >= 15 is 0 Å². The molecule has 2 aromatic heterocycles. The molecule has 0 aliphatic carbocycles. The Morgan fingerprint density at radius 1 is 1.27 bits per heavy atom. The van der Waals surface area contributed by atoms with Crippen LogP contribution in [0.1, 0.15) is 18.1 Å². The van der Waals surface area contributed by atoms with E-state index in [4.69, 9.17) is 10.3 Å². The van der Waals surface area contributed by atoms with Crippen LogP contribution in [-0.2, 0) is 6.54 Å². The molecule has 0 spiro atoms. The Labute approximate surface area is 146 Å². The van der Waals surface area contributed by atoms with Crippen molar-refractivity contribution in [2.75, 3.05) is 18.0 Å². The monoisotopic (exact) mass is 366 g/mol. The molecule has 3 aromatic rings. The van der Waals surface area contributed by atoms with Gasteiger partial charge in [0, 0.05) is 32.1 Å². The van der Waals surface area contributed by atoms with Gasteiger partial charge in [0.25, 0.3) is 0 Å². The van der Waals surface area contributed by atoms with Crippen molar-refractivity contribution in [1.82, 2.24) is 19.7 Å². The Balaban J connectivity index is 1.81. The fourth-order valence-corrected chi connectivity index (χ4v) is 3.19. The third kappa shape index (κ3) is 2.90. The molecule has 138 valence electrons. The lowest BCUT2D eigenvalue weighted by Crippen LogP contribution is -2.50. The predicted octanol–water partition coefficient (Wildman–Crippen LogP) is 1.93. The van der Waals surface area contributed by atoms with Crippen LogP contribution >= 0.6 is 0 Å². The molecular weight excluding hydrogens is 349 g/mol. The number of rotatable bonds is 3. The number of piperidine rings is 1. The summed E-state index contributed by atoms with van der Waals surface area (Å²) in [6.45, 7) is 2.46. The van der Waals surface area contributed by atoms with Gasteiger partial charge in [-0.3, -0.25) is 0 Å². The summed E-state index contributed by atoms with van der Waals surface area (Å²) in [5.74, 6) is -0.757. The fourth-order valence-electron chi connectivity index (χ4n) is 3.19. The van der Waals surface area contributed by atoms with Crippen molar-refractivity contribution in [3.05, 3.63) is 35.5 Å². The second-order valence-corrected chi connectivity index (χ2v) is 6.40. The van der Waals surface area contributed by atoms with E-state index in [1.54, 1.807) is 11.5 Å². The summed E-state index contributed by atoms with van der Waals surface area (Å²) in [7, 11) is 0. The molecule has 2 N–H and O–H groups in total. The molecule has 1 fully saturated rings. The Morgan fingerprint density at radius 2 is 2.04 bits per heavy atom. The fraction of sp³-hybridized carbons (Fsp3) is 0.438. The normalized spacial score (nSPS) is 20.9. The van der Waals surface area contributed by atoms with Crippen molar-refractivity contribution < 1.29 is 17.7 Å². The molecule has 10 heteroatoms. The van der Waals surface area contributed by atoms with E-state index in [2.05, 4.69) is 15.1 Å². The Kier molecular flexibility index (Phi) is 4.06. The zero-order valence-electron chi connectivity index (χ0n) is 14.0. The van der Waals surface area contributed by atoms with Gasteiger partial charge in [-0.25, -0.2) is 18.2 Å². The lowest BCUT2D eigenvalue weighted by molar-refractivity contribution is 0.243. The first-order chi connectivity index (χ1) is 12.4. The SMILES string of the molecule is Cc1nc(Cn2c(N3CC[C@@H](F)[C@H](N)C3)nc3cc(F)c(F)cc32)no1. The van der Waals surface area contributed by atoms with E-state index in [1.807, 2.05) is 4.90 Å². The average Bonchev–Trinajstić information content (AvgIpc) is 3.15. The minimum absolute atomic E-state index is 0.152. The van der Waals surface area contributed by atoms with Crippen molar-refractivity contribution in [3.8, 4) is 0 Å². The van der Waals surface area contributed by atoms with Crippen LogP contribution in [-0.4, -0.2) is 45.0 Å². The van der Waals surface area contributed by atoms with Gasteiger partial charge < -0.3 is 19.7 Å². The van der Waals surface area contributed by atoms with Gasteiger partial charge in [0.2, 0.25) is 11.8 Å². The average molecular weight is 366 g/mol. The molecule has 0 amide bonds. The molecule has 0 saturated carbocycles. The van der Waals surface area contributed by atoms with Crippen molar-refractivity contribution in [1.29, 1.82) is 0 Å². The minimum Gasteiger partial charge on any atom is -0.340 e. The number of anilines is 1. The first-order valence-corrected chi connectivity index (χ1v) is 8.21. The summed E-state index contributed by atoms with van der Waals surface area (Å²) in [6, 6.07) is 1.46. The zero-order chi connectivity index (χ0) is 18.4. The molecule has 26 heavy (non-hydrogen) atoms. The summed E-state index contributed by atoms with van der Waals surface area (Å²) in [5.41, 5.74) is 6.51. The van der Waals surface area contributed by atoms with Crippen LogP contribution < -0.4 is 10.6 Å². The van der Waals surface area contributed by atoms with E-state index in [0.717, 1.165) is 12.1 Å². The van der Waals surface area contributed by atoms with Crippen molar-refractivity contribution in [3.63, 3.8) is 0 Å². The lowest BCUT2D eigenvalue weighted by atomic mass is 10.1. The van der Waals surface area contributed by atoms with Gasteiger partial charge in [-0.15, -0.1) is 0 Å². The highest BCUT2D eigenvalue weighted by atomic mass is 19.2. The Bertz CT molecular complexity index is 955. The molecular formula is C16H17F3N6O. The molecule has 0 radical (unpaired) electrons. The molecule has 2 atom stereocenters. The van der Waals surface area contributed by atoms with Gasteiger partial charge in [-0.2, -0.15) is 4.98 Å². The molecule has 3 heterocycles. The summed E-state index contributed by atoms with van der Waals surface area (Å²) < 4.78 is 47.8. The van der Waals surface area contributed by atoms with Gasteiger partial charge in [0.1, 0.15) is 6.17 Å². The van der Waals surface area contributed by atoms with Gasteiger partial charge >= 0.3 is 0 Å². The zero-order valence-corrected chi connectivity index (χ0v) is 14.0. The maximum absolute atomic E-state index is 13.8. The third-order valence-electron chi connectivity index (χ3n) is 4.49. The van der Waals surface area contributed by atoms with Crippen LogP contribution in [0, 0.1) is 18.6 Å². The highest BCUT2D eigenvalue weighted by Crippen LogP contribution is 2.28. The van der Waals surface area contributed by atoms with Gasteiger partial charge in [-0.05, 0) is 6.42 Å². The highest BCUT2D eigenvalue weighted by molar-refractivity contribution is 5.79. The van der Waals surface area contributed by atoms with Crippen LogP contribution in [0.2, 0.25) is 0 Å². The van der Waals surface area contributed by atoms with Gasteiger partial charge in [0.15, 0.2) is 17.5 Å². The van der Waals surface area contributed by atoms with Crippen LogP contribution in [0.4, 0.5) is 19.1 Å². The Morgan fingerprint density at radius 3 is 2.73 bits per heavy atom. The highest BCUT2D eigenvalue weighted by Gasteiger charge is 2.29. The van der Waals surface area contributed by atoms with E-state index < -0.39 is 23.8 Å². The van der Waals surface area contributed by atoms with E-state index in [0.29, 0.717) is 29.7 Å². The predicted molar refractivity (Wildman–Crippen MR) is 87.5 cm³/mol. The summed E-state index contributed by atoms with van der Waals surface area (Å²) in [4.78, 5) is 10.4. The number of hydrogen-bond donors (Lipinski definition) is 1. The molecule has 1 aliphatic heterocycles. The van der Waals surface area contributed by atoms with Gasteiger partial charge in [0.05, 0.1) is 23.6 Å². The number of benzene rings is 1. The molecule has 1 aliphatic rings. The van der Waals surface area contributed by atoms with Crippen LogP contribution in [0.3, 0.4) is 0 Å². The van der Waals surface area contributed by atoms with Gasteiger partial charge in [-0.1, -0.05) is 5.16 Å². The quantitative estimate of drug-likeness (QED) is 0.762. The summed E-state index contributed by atoms with van der Waals surface area (Å²) in [6.07, 6.45) is -0.826. The molecule has 4 rings (SSSR count). The van der Waals surface area contributed by atoms with Crippen molar-refractivity contribution in [2.45, 2.75) is 32.1 Å².